The third-order valence-corrected chi connectivity index (χ3v) is 26.4. The summed E-state index contributed by atoms with van der Waals surface area (Å²) >= 11 is -2.68. The molecule has 0 amide bonds. The second kappa shape index (κ2) is 14.8. The molecule has 0 heterocycles. The van der Waals surface area contributed by atoms with E-state index in [-0.39, 0.29) is 0 Å². The summed E-state index contributed by atoms with van der Waals surface area (Å²) in [5.41, 5.74) is 1.25. The van der Waals surface area contributed by atoms with Crippen LogP contribution in [0.25, 0.3) is 0 Å². The predicted octanol–water partition coefficient (Wildman–Crippen LogP) is 8.57. The summed E-state index contributed by atoms with van der Waals surface area (Å²) in [6.45, 7) is 11.3. The van der Waals surface area contributed by atoms with Crippen molar-refractivity contribution in [1.82, 2.24) is 0 Å². The van der Waals surface area contributed by atoms with Crippen molar-refractivity contribution < 1.29 is 4.21 Å². The molecule has 0 aliphatic rings. The summed E-state index contributed by atoms with van der Waals surface area (Å²) in [6, 6.07) is 8.46. The van der Waals surface area contributed by atoms with Crippen LogP contribution in [0.1, 0.15) is 91.0 Å². The Morgan fingerprint density at radius 2 is 1.29 bits per heavy atom. The van der Waals surface area contributed by atoms with Gasteiger partial charge in [0.05, 0.1) is 0 Å². The summed E-state index contributed by atoms with van der Waals surface area (Å²) in [6.07, 6.45) is 13.7. The number of aryl methyl sites for hydroxylation is 1. The normalized spacial score (nSPS) is 13.7. The van der Waals surface area contributed by atoms with Crippen LogP contribution in [-0.4, -0.2) is 22.6 Å². The molecule has 0 aliphatic carbocycles. The van der Waals surface area contributed by atoms with E-state index in [0.717, 1.165) is 11.3 Å². The van der Waals surface area contributed by atoms with Crippen LogP contribution in [0, 0.1) is 6.92 Å². The van der Waals surface area contributed by atoms with Gasteiger partial charge < -0.3 is 0 Å². The Labute approximate surface area is 182 Å². The van der Waals surface area contributed by atoms with Crippen LogP contribution in [0.3, 0.4) is 0 Å². The maximum atomic E-state index is 13.9. The molecule has 1 atom stereocenters. The number of unbranched alkanes of at least 4 members (excludes halogenated alkanes) is 5. The molecule has 1 aromatic rings. The molecule has 0 saturated heterocycles. The Hall–Kier alpha value is -0.0913. The van der Waals surface area contributed by atoms with E-state index in [1.807, 2.05) is 0 Å². The van der Waals surface area contributed by atoms with E-state index >= 15 is 0 Å². The molecule has 0 fully saturated rings. The summed E-state index contributed by atoms with van der Waals surface area (Å²) in [5.74, 6) is 0. The van der Waals surface area contributed by atoms with Gasteiger partial charge in [0.15, 0.2) is 0 Å². The van der Waals surface area contributed by atoms with Crippen LogP contribution in [0.2, 0.25) is 13.3 Å². The Balaban J connectivity index is 3.38. The Morgan fingerprint density at radius 3 is 1.71 bits per heavy atom. The molecule has 0 N–H and O–H groups in total. The molecule has 0 aliphatic heterocycles. The molecule has 160 valence electrons. The molecule has 0 spiro atoms. The van der Waals surface area contributed by atoms with Crippen molar-refractivity contribution >= 4 is 29.2 Å². The standard InChI is InChI=1S/C13H17OS.3C4H9.Sn/c1-3-4-5-6-11-15(14)13-9-7-12(2)8-10-13;3*1-3-4-2;/h6-10H,3-5H2,1-2H3;3*1,3-4H2,2H3;/t15-;;;;/m1..../s1. The first kappa shape index (κ1) is 25.9. The third kappa shape index (κ3) is 8.34. The van der Waals surface area contributed by atoms with E-state index in [1.165, 1.54) is 73.2 Å². The van der Waals surface area contributed by atoms with E-state index in [9.17, 15) is 4.21 Å². The van der Waals surface area contributed by atoms with Crippen LogP contribution < -0.4 is 0 Å². The predicted molar refractivity (Wildman–Crippen MR) is 130 cm³/mol. The SMILES string of the molecule is CCCC/C=[C](\[S@@](=O)c1ccc(C)cc1)[Sn]([CH2]CCC)([CH2]CCC)[CH2]CCC. The molecule has 0 radical (unpaired) electrons. The second-order valence-electron chi connectivity index (χ2n) is 8.38. The van der Waals surface area contributed by atoms with Crippen molar-refractivity contribution in [3.63, 3.8) is 0 Å². The molecule has 0 aromatic heterocycles. The fraction of sp³-hybridized carbons (Fsp3) is 0.680. The summed E-state index contributed by atoms with van der Waals surface area (Å²) in [4.78, 5) is 1.03. The van der Waals surface area contributed by atoms with Crippen molar-refractivity contribution in [3.05, 3.63) is 38.8 Å². The molecule has 1 aromatic carbocycles. The molecule has 0 bridgehead atoms. The fourth-order valence-corrected chi connectivity index (χ4v) is 26.5. The first-order chi connectivity index (χ1) is 13.5. The molecule has 0 saturated carbocycles. The first-order valence-corrected chi connectivity index (χ1v) is 20.4. The van der Waals surface area contributed by atoms with Crippen LogP contribution >= 0.6 is 0 Å². The number of hydrogen-bond acceptors (Lipinski definition) is 1. The third-order valence-electron chi connectivity index (χ3n) is 5.87. The topological polar surface area (TPSA) is 17.1 Å². The number of rotatable bonds is 15. The van der Waals surface area contributed by atoms with Gasteiger partial charge in [0, 0.05) is 0 Å². The van der Waals surface area contributed by atoms with Crippen LogP contribution in [0.4, 0.5) is 0 Å². The van der Waals surface area contributed by atoms with Crippen LogP contribution in [0.15, 0.2) is 38.2 Å². The fourth-order valence-electron chi connectivity index (χ4n) is 4.01. The van der Waals surface area contributed by atoms with Crippen LogP contribution in [0.5, 0.6) is 0 Å². The van der Waals surface area contributed by atoms with E-state index in [2.05, 4.69) is 65.0 Å². The van der Waals surface area contributed by atoms with Gasteiger partial charge in [-0.05, 0) is 0 Å². The molecule has 1 nitrogen and oxygen atoms in total. The molecule has 1 rings (SSSR count). The van der Waals surface area contributed by atoms with Gasteiger partial charge in [-0.1, -0.05) is 0 Å². The van der Waals surface area contributed by atoms with E-state index in [1.54, 1.807) is 0 Å². The zero-order valence-electron chi connectivity index (χ0n) is 19.2. The van der Waals surface area contributed by atoms with Gasteiger partial charge in [-0.25, -0.2) is 0 Å². The number of allylic oxidation sites excluding steroid dienone is 1. The van der Waals surface area contributed by atoms with Gasteiger partial charge >= 0.3 is 183 Å². The van der Waals surface area contributed by atoms with Gasteiger partial charge in [-0.3, -0.25) is 0 Å². The zero-order valence-corrected chi connectivity index (χ0v) is 22.9. The van der Waals surface area contributed by atoms with Gasteiger partial charge in [0.2, 0.25) is 0 Å². The Bertz CT molecular complexity index is 569. The number of benzene rings is 1. The average Bonchev–Trinajstić information content (AvgIpc) is 2.71. The van der Waals surface area contributed by atoms with Crippen molar-refractivity contribution in [3.8, 4) is 0 Å². The van der Waals surface area contributed by atoms with Crippen molar-refractivity contribution in [2.75, 3.05) is 0 Å². The second-order valence-corrected chi connectivity index (χ2v) is 24.0. The van der Waals surface area contributed by atoms with Crippen molar-refractivity contribution in [2.24, 2.45) is 0 Å². The minimum atomic E-state index is -2.68. The van der Waals surface area contributed by atoms with Gasteiger partial charge in [0.1, 0.15) is 0 Å². The first-order valence-electron chi connectivity index (χ1n) is 11.7. The Morgan fingerprint density at radius 1 is 0.821 bits per heavy atom. The van der Waals surface area contributed by atoms with E-state index in [0.29, 0.717) is 0 Å². The van der Waals surface area contributed by atoms with Crippen LogP contribution in [-0.2, 0) is 10.8 Å². The minimum absolute atomic E-state index is 0.958. The summed E-state index contributed by atoms with van der Waals surface area (Å²) in [5, 5.41) is 0. The zero-order chi connectivity index (χ0) is 20.8. The van der Waals surface area contributed by atoms with E-state index < -0.39 is 29.2 Å². The summed E-state index contributed by atoms with van der Waals surface area (Å²) in [7, 11) is -0.958. The molecule has 0 unspecified atom stereocenters. The summed E-state index contributed by atoms with van der Waals surface area (Å²) < 4.78 is 19.5. The molecular weight excluding hydrogens is 467 g/mol. The number of hydrogen-bond donors (Lipinski definition) is 0. The van der Waals surface area contributed by atoms with Crippen molar-refractivity contribution in [1.29, 1.82) is 0 Å². The van der Waals surface area contributed by atoms with Gasteiger partial charge in [-0.15, -0.1) is 0 Å². The van der Waals surface area contributed by atoms with Crippen molar-refractivity contribution in [2.45, 2.75) is 111 Å². The monoisotopic (exact) mass is 512 g/mol. The maximum absolute atomic E-state index is 13.9. The Kier molecular flexibility index (Phi) is 13.7. The molecule has 28 heavy (non-hydrogen) atoms. The molecular formula is C25H44OSSn. The molecule has 3 heteroatoms. The van der Waals surface area contributed by atoms with Gasteiger partial charge in [0.25, 0.3) is 0 Å². The average molecular weight is 511 g/mol. The van der Waals surface area contributed by atoms with Gasteiger partial charge in [-0.2, -0.15) is 0 Å². The van der Waals surface area contributed by atoms with E-state index in [4.69, 9.17) is 0 Å². The quantitative estimate of drug-likeness (QED) is 0.170.